The third-order valence-corrected chi connectivity index (χ3v) is 3.56. The number of carbonyl (C=O) groups is 1. The van der Waals surface area contributed by atoms with Gasteiger partial charge in [-0.05, 0) is 23.6 Å². The second-order valence-electron chi connectivity index (χ2n) is 3.76. The van der Waals surface area contributed by atoms with Crippen LogP contribution in [0.15, 0.2) is 41.9 Å². The van der Waals surface area contributed by atoms with E-state index in [1.54, 1.807) is 23.6 Å². The molecular formula is C13H10N2OS. The van der Waals surface area contributed by atoms with E-state index in [-0.39, 0.29) is 0 Å². The molecule has 3 rings (SSSR count). The van der Waals surface area contributed by atoms with Crippen molar-refractivity contribution in [3.8, 4) is 0 Å². The summed E-state index contributed by atoms with van der Waals surface area (Å²) >= 11 is 1.70. The second-order valence-corrected chi connectivity index (χ2v) is 4.79. The molecule has 84 valence electrons. The topological polar surface area (TPSA) is 34.4 Å². The van der Waals surface area contributed by atoms with E-state index >= 15 is 0 Å². The van der Waals surface area contributed by atoms with Crippen LogP contribution >= 0.6 is 11.3 Å². The van der Waals surface area contributed by atoms with E-state index in [1.165, 1.54) is 4.88 Å². The lowest BCUT2D eigenvalue weighted by Gasteiger charge is -2.02. The van der Waals surface area contributed by atoms with Gasteiger partial charge in [-0.15, -0.1) is 11.3 Å². The first-order valence-corrected chi connectivity index (χ1v) is 6.19. The Morgan fingerprint density at radius 2 is 2.24 bits per heavy atom. The first-order chi connectivity index (χ1) is 8.38. The predicted molar refractivity (Wildman–Crippen MR) is 67.7 cm³/mol. The molecule has 0 atom stereocenters. The van der Waals surface area contributed by atoms with Crippen molar-refractivity contribution in [1.82, 2.24) is 9.38 Å². The smallest absolute Gasteiger partial charge is 0.166 e. The number of pyridine rings is 1. The van der Waals surface area contributed by atoms with E-state index in [4.69, 9.17) is 0 Å². The molecule has 0 spiro atoms. The monoisotopic (exact) mass is 242 g/mol. The van der Waals surface area contributed by atoms with Gasteiger partial charge in [0.05, 0.1) is 17.4 Å². The van der Waals surface area contributed by atoms with E-state index in [9.17, 15) is 4.79 Å². The zero-order chi connectivity index (χ0) is 11.7. The van der Waals surface area contributed by atoms with Gasteiger partial charge in [0.1, 0.15) is 5.82 Å². The van der Waals surface area contributed by atoms with Crippen molar-refractivity contribution >= 4 is 23.1 Å². The van der Waals surface area contributed by atoms with Crippen LogP contribution in [-0.4, -0.2) is 15.7 Å². The summed E-state index contributed by atoms with van der Waals surface area (Å²) < 4.78 is 1.91. The number of hydrogen-bond acceptors (Lipinski definition) is 3. The summed E-state index contributed by atoms with van der Waals surface area (Å²) in [5, 5.41) is 2.05. The average molecular weight is 242 g/mol. The predicted octanol–water partition coefficient (Wildman–Crippen LogP) is 2.80. The van der Waals surface area contributed by atoms with Gasteiger partial charge >= 0.3 is 0 Å². The van der Waals surface area contributed by atoms with E-state index in [0.717, 1.165) is 24.0 Å². The number of hydrogen-bond donors (Lipinski definition) is 0. The molecule has 3 aromatic heterocycles. The lowest BCUT2D eigenvalue weighted by Crippen LogP contribution is -2.00. The fourth-order valence-corrected chi connectivity index (χ4v) is 2.63. The van der Waals surface area contributed by atoms with Crippen LogP contribution in [0.25, 0.3) is 5.52 Å². The number of fused-ring (bicyclic) bond motifs is 1. The maximum Gasteiger partial charge on any atom is 0.166 e. The fraction of sp³-hybridized carbons (Fsp3) is 0.0769. The molecule has 0 saturated heterocycles. The number of rotatable bonds is 3. The zero-order valence-corrected chi connectivity index (χ0v) is 9.85. The first kappa shape index (κ1) is 10.2. The van der Waals surface area contributed by atoms with Gasteiger partial charge in [-0.3, -0.25) is 9.20 Å². The standard InChI is InChI=1S/C13H10N2OS/c16-9-11-4-1-3-10-8-14-13(15(10)11)7-12-5-2-6-17-12/h1-6,8-9H,7H2. The highest BCUT2D eigenvalue weighted by Gasteiger charge is 2.08. The summed E-state index contributed by atoms with van der Waals surface area (Å²) in [6.45, 7) is 0. The third kappa shape index (κ3) is 1.76. The molecule has 3 aromatic rings. The molecule has 0 N–H and O–H groups in total. The maximum atomic E-state index is 11.0. The van der Waals surface area contributed by atoms with Gasteiger partial charge in [-0.2, -0.15) is 0 Å². The van der Waals surface area contributed by atoms with Crippen molar-refractivity contribution in [3.63, 3.8) is 0 Å². The average Bonchev–Trinajstić information content (AvgIpc) is 2.99. The molecule has 0 aliphatic heterocycles. The largest absolute Gasteiger partial charge is 0.296 e. The maximum absolute atomic E-state index is 11.0. The van der Waals surface area contributed by atoms with Crippen LogP contribution in [0.4, 0.5) is 0 Å². The van der Waals surface area contributed by atoms with Gasteiger partial charge in [0.2, 0.25) is 0 Å². The van der Waals surface area contributed by atoms with Crippen molar-refractivity contribution in [1.29, 1.82) is 0 Å². The molecule has 0 aliphatic carbocycles. The van der Waals surface area contributed by atoms with Gasteiger partial charge in [0.15, 0.2) is 6.29 Å². The van der Waals surface area contributed by atoms with Gasteiger partial charge in [0.25, 0.3) is 0 Å². The Hall–Kier alpha value is -1.94. The second kappa shape index (κ2) is 4.14. The third-order valence-electron chi connectivity index (χ3n) is 2.69. The summed E-state index contributed by atoms with van der Waals surface area (Å²) in [4.78, 5) is 16.7. The van der Waals surface area contributed by atoms with Crippen molar-refractivity contribution in [3.05, 3.63) is 58.3 Å². The number of thiophene rings is 1. The summed E-state index contributed by atoms with van der Waals surface area (Å²) in [7, 11) is 0. The summed E-state index contributed by atoms with van der Waals surface area (Å²) in [5.74, 6) is 0.908. The Morgan fingerprint density at radius 1 is 1.29 bits per heavy atom. The zero-order valence-electron chi connectivity index (χ0n) is 9.04. The minimum atomic E-state index is 0.645. The molecule has 0 bridgehead atoms. The molecule has 4 heteroatoms. The van der Waals surface area contributed by atoms with E-state index < -0.39 is 0 Å². The minimum Gasteiger partial charge on any atom is -0.296 e. The number of aromatic nitrogens is 2. The van der Waals surface area contributed by atoms with Crippen LogP contribution in [0, 0.1) is 0 Å². The first-order valence-electron chi connectivity index (χ1n) is 5.31. The summed E-state index contributed by atoms with van der Waals surface area (Å²) in [6, 6.07) is 9.74. The van der Waals surface area contributed by atoms with Crippen LogP contribution < -0.4 is 0 Å². The van der Waals surface area contributed by atoms with Crippen LogP contribution in [0.1, 0.15) is 21.2 Å². The minimum absolute atomic E-state index is 0.645. The Kier molecular flexibility index (Phi) is 2.49. The molecule has 0 amide bonds. The van der Waals surface area contributed by atoms with Crippen molar-refractivity contribution in [2.45, 2.75) is 6.42 Å². The van der Waals surface area contributed by atoms with E-state index in [2.05, 4.69) is 11.1 Å². The van der Waals surface area contributed by atoms with Crippen LogP contribution in [-0.2, 0) is 6.42 Å². The SMILES string of the molecule is O=Cc1cccc2cnc(Cc3cccs3)n12. The quantitative estimate of drug-likeness (QED) is 0.662. The van der Waals surface area contributed by atoms with Gasteiger partial charge in [-0.1, -0.05) is 12.1 Å². The summed E-state index contributed by atoms with van der Waals surface area (Å²) in [5.41, 5.74) is 1.60. The van der Waals surface area contributed by atoms with Gasteiger partial charge in [-0.25, -0.2) is 4.98 Å². The van der Waals surface area contributed by atoms with E-state index in [0.29, 0.717) is 5.69 Å². The fourth-order valence-electron chi connectivity index (χ4n) is 1.93. The molecule has 17 heavy (non-hydrogen) atoms. The number of aldehydes is 1. The highest BCUT2D eigenvalue weighted by atomic mass is 32.1. The number of imidazole rings is 1. The molecule has 3 nitrogen and oxygen atoms in total. The van der Waals surface area contributed by atoms with Crippen molar-refractivity contribution < 1.29 is 4.79 Å². The Bertz CT molecular complexity index is 655. The summed E-state index contributed by atoms with van der Waals surface area (Å²) in [6.07, 6.45) is 3.43. The van der Waals surface area contributed by atoms with Crippen molar-refractivity contribution in [2.24, 2.45) is 0 Å². The highest BCUT2D eigenvalue weighted by Crippen LogP contribution is 2.16. The molecule has 0 unspecified atom stereocenters. The molecule has 0 aliphatic rings. The molecule has 0 fully saturated rings. The van der Waals surface area contributed by atoms with Gasteiger partial charge < -0.3 is 0 Å². The van der Waals surface area contributed by atoms with Crippen LogP contribution in [0.3, 0.4) is 0 Å². The lowest BCUT2D eigenvalue weighted by atomic mass is 10.3. The van der Waals surface area contributed by atoms with Gasteiger partial charge in [0, 0.05) is 11.3 Å². The normalized spacial score (nSPS) is 10.8. The molecule has 0 aromatic carbocycles. The number of carbonyl (C=O) groups excluding carboxylic acids is 1. The number of nitrogens with zero attached hydrogens (tertiary/aromatic N) is 2. The lowest BCUT2D eigenvalue weighted by molar-refractivity contribution is 0.111. The van der Waals surface area contributed by atoms with Crippen molar-refractivity contribution in [2.75, 3.05) is 0 Å². The molecule has 0 radical (unpaired) electrons. The Morgan fingerprint density at radius 3 is 3.00 bits per heavy atom. The van der Waals surface area contributed by atoms with E-state index in [1.807, 2.05) is 28.0 Å². The van der Waals surface area contributed by atoms with Crippen LogP contribution in [0.2, 0.25) is 0 Å². The highest BCUT2D eigenvalue weighted by molar-refractivity contribution is 7.09. The Labute approximate surface area is 102 Å². The molecular weight excluding hydrogens is 232 g/mol. The van der Waals surface area contributed by atoms with Crippen LogP contribution in [0.5, 0.6) is 0 Å². The molecule has 0 saturated carbocycles. The molecule has 3 heterocycles. The Balaban J connectivity index is 2.13.